The molecule has 8 heteroatoms. The number of allylic oxidation sites excluding steroid dienone is 1. The molecule has 3 aliphatic heterocycles. The Kier molecular flexibility index (Phi) is 10.5. The molecule has 4 atom stereocenters. The lowest BCUT2D eigenvalue weighted by Gasteiger charge is -2.36. The number of piperidine rings is 1. The van der Waals surface area contributed by atoms with Crippen molar-refractivity contribution in [3.63, 3.8) is 0 Å². The molecule has 3 fully saturated rings. The monoisotopic (exact) mass is 728 g/mol. The summed E-state index contributed by atoms with van der Waals surface area (Å²) in [5.41, 5.74) is 6.50. The molecule has 0 saturated carbocycles. The fraction of sp³-hybridized carbons (Fsp3) is 0.333. The fourth-order valence-electron chi connectivity index (χ4n) is 8.91. The molecule has 0 unspecified atom stereocenters. The Morgan fingerprint density at radius 1 is 0.868 bits per heavy atom. The molecule has 8 rings (SSSR count). The lowest BCUT2D eigenvalue weighted by Crippen LogP contribution is -2.47. The van der Waals surface area contributed by atoms with Gasteiger partial charge in [0.1, 0.15) is 18.1 Å². The zero-order chi connectivity index (χ0) is 36.3. The lowest BCUT2D eigenvalue weighted by atomic mass is 9.69. The van der Waals surface area contributed by atoms with E-state index in [0.29, 0.717) is 37.5 Å². The number of ether oxygens (including phenoxy) is 2. The predicted octanol–water partition coefficient (Wildman–Crippen LogP) is 8.43. The zero-order valence-electron chi connectivity index (χ0n) is 29.8. The van der Waals surface area contributed by atoms with Crippen LogP contribution in [0.25, 0.3) is 11.6 Å². The number of rotatable bonds is 11. The molecule has 53 heavy (non-hydrogen) atoms. The maximum atomic E-state index is 14.4. The van der Waals surface area contributed by atoms with E-state index in [4.69, 9.17) is 21.1 Å². The molecule has 272 valence electrons. The second kappa shape index (κ2) is 15.7. The quantitative estimate of drug-likeness (QED) is 0.0950. The van der Waals surface area contributed by atoms with Crippen molar-refractivity contribution in [3.8, 4) is 11.5 Å². The highest BCUT2D eigenvalue weighted by Crippen LogP contribution is 2.51. The lowest BCUT2D eigenvalue weighted by molar-refractivity contribution is -0.144. The minimum Gasteiger partial charge on any atom is -0.508 e. The Balaban J connectivity index is 1.03. The molecule has 2 amide bonds. The summed E-state index contributed by atoms with van der Waals surface area (Å²) in [7, 11) is 0. The summed E-state index contributed by atoms with van der Waals surface area (Å²) in [6, 6.07) is 35.4. The number of phenols is 1. The van der Waals surface area contributed by atoms with Gasteiger partial charge >= 0.3 is 0 Å². The number of aromatic hydroxyl groups is 1. The molecule has 4 aromatic rings. The Morgan fingerprint density at radius 3 is 2.28 bits per heavy atom. The molecule has 0 bridgehead atoms. The molecule has 3 saturated heterocycles. The molecule has 4 aromatic carbocycles. The molecule has 0 radical (unpaired) electrons. The van der Waals surface area contributed by atoms with E-state index in [1.54, 1.807) is 17.0 Å². The van der Waals surface area contributed by atoms with Crippen LogP contribution in [0.15, 0.2) is 120 Å². The van der Waals surface area contributed by atoms with E-state index in [1.165, 1.54) is 5.56 Å². The van der Waals surface area contributed by atoms with Crippen molar-refractivity contribution < 1.29 is 24.2 Å². The number of fused-ring (bicyclic) bond motifs is 3. The van der Waals surface area contributed by atoms with E-state index in [1.807, 2.05) is 60.7 Å². The zero-order valence-corrected chi connectivity index (χ0v) is 30.5. The average Bonchev–Trinajstić information content (AvgIpc) is 3.72. The predicted molar refractivity (Wildman–Crippen MR) is 207 cm³/mol. The second-order valence-corrected chi connectivity index (χ2v) is 15.2. The van der Waals surface area contributed by atoms with Gasteiger partial charge in [-0.05, 0) is 102 Å². The highest BCUT2D eigenvalue weighted by molar-refractivity contribution is 6.32. The number of amides is 2. The van der Waals surface area contributed by atoms with Crippen LogP contribution in [0.1, 0.15) is 48.8 Å². The Labute approximate surface area is 316 Å². The van der Waals surface area contributed by atoms with Crippen molar-refractivity contribution in [3.05, 3.63) is 142 Å². The second-order valence-electron chi connectivity index (χ2n) is 14.7. The van der Waals surface area contributed by atoms with Gasteiger partial charge in [-0.1, -0.05) is 90.5 Å². The first-order valence-electron chi connectivity index (χ1n) is 18.8. The Bertz CT molecular complexity index is 1990. The molecular formula is C45H45ClN2O5. The molecule has 0 spiro atoms. The number of hydrogen-bond donors (Lipinski definition) is 1. The van der Waals surface area contributed by atoms with Crippen molar-refractivity contribution in [2.45, 2.75) is 50.8 Å². The number of carbonyl (C=O) groups is 2. The molecule has 1 N–H and O–H groups in total. The van der Waals surface area contributed by atoms with E-state index in [2.05, 4.69) is 47.4 Å². The van der Waals surface area contributed by atoms with E-state index in [0.717, 1.165) is 66.1 Å². The van der Waals surface area contributed by atoms with Crippen molar-refractivity contribution >= 4 is 35.1 Å². The number of halogens is 1. The number of imide groups is 1. The first-order chi connectivity index (χ1) is 25.9. The number of benzene rings is 4. The van der Waals surface area contributed by atoms with Gasteiger partial charge in [0, 0.05) is 31.6 Å². The van der Waals surface area contributed by atoms with Crippen LogP contribution >= 0.6 is 11.6 Å². The molecule has 1 aliphatic carbocycles. The first-order valence-corrected chi connectivity index (χ1v) is 19.2. The van der Waals surface area contributed by atoms with Crippen LogP contribution in [0.5, 0.6) is 11.5 Å². The smallest absolute Gasteiger partial charge is 0.234 e. The fourth-order valence-corrected chi connectivity index (χ4v) is 9.14. The van der Waals surface area contributed by atoms with Crippen LogP contribution in [0.3, 0.4) is 0 Å². The SMILES string of the molecule is O=C1[C@@H]2[C@@H](CC(COc3ccccc3)=C3[C@@H](CC/C(=C/c4ccc(O)cc4Cl)c4ccccc4)OC[C@@H]32)C(=O)N1C1CCN(Cc2ccccc2)CC1. The summed E-state index contributed by atoms with van der Waals surface area (Å²) >= 11 is 6.55. The molecule has 3 heterocycles. The number of carbonyl (C=O) groups excluding carboxylic acids is 2. The number of phenolic OH excluding ortho intramolecular Hbond substituents is 1. The third-order valence-electron chi connectivity index (χ3n) is 11.5. The topological polar surface area (TPSA) is 79.3 Å². The summed E-state index contributed by atoms with van der Waals surface area (Å²) < 4.78 is 13.0. The van der Waals surface area contributed by atoms with E-state index >= 15 is 0 Å². The van der Waals surface area contributed by atoms with Crippen molar-refractivity contribution in [1.82, 2.24) is 9.80 Å². The third-order valence-corrected chi connectivity index (χ3v) is 11.8. The third kappa shape index (κ3) is 7.56. The number of hydrogen-bond acceptors (Lipinski definition) is 6. The molecule has 4 aliphatic rings. The van der Waals surface area contributed by atoms with Crippen LogP contribution in [-0.2, 0) is 20.9 Å². The number of likely N-dealkylation sites (tertiary alicyclic amines) is 2. The highest BCUT2D eigenvalue weighted by Gasteiger charge is 2.58. The van der Waals surface area contributed by atoms with Crippen LogP contribution < -0.4 is 4.74 Å². The minimum atomic E-state index is -0.412. The van der Waals surface area contributed by atoms with Gasteiger partial charge in [0.25, 0.3) is 0 Å². The van der Waals surface area contributed by atoms with Crippen molar-refractivity contribution in [2.75, 3.05) is 26.3 Å². The van der Waals surface area contributed by atoms with E-state index in [-0.39, 0.29) is 35.6 Å². The standard InChI is InChI=1S/C45H45ClN2O5/c46-40-26-36(49)18-16-33(40)24-32(31-12-6-2-7-13-31)17-19-41-42-34(28-52-37-14-8-3-9-15-37)25-38-43(39(42)29-53-41)45(51)48(44(38)50)35-20-22-47(23-21-35)27-30-10-4-1-5-11-30/h1-16,18,24,26,35,38-39,41,43,49H,17,19-23,25,27-29H2/b32-24-/t38-,39+,41-,43-/m1/s1. The normalized spacial score (nSPS) is 23.7. The Morgan fingerprint density at radius 2 is 1.57 bits per heavy atom. The summed E-state index contributed by atoms with van der Waals surface area (Å²) in [4.78, 5) is 32.7. The van der Waals surface area contributed by atoms with Gasteiger partial charge in [0.15, 0.2) is 0 Å². The van der Waals surface area contributed by atoms with Crippen LogP contribution in [0.4, 0.5) is 0 Å². The van der Waals surface area contributed by atoms with Crippen molar-refractivity contribution in [2.24, 2.45) is 17.8 Å². The number of nitrogens with zero attached hydrogens (tertiary/aromatic N) is 2. The van der Waals surface area contributed by atoms with Gasteiger partial charge < -0.3 is 14.6 Å². The molecule has 0 aromatic heterocycles. The molecule has 7 nitrogen and oxygen atoms in total. The maximum Gasteiger partial charge on any atom is 0.234 e. The number of para-hydroxylation sites is 1. The van der Waals surface area contributed by atoms with E-state index < -0.39 is 11.8 Å². The van der Waals surface area contributed by atoms with Crippen LogP contribution in [0, 0.1) is 17.8 Å². The first kappa shape index (κ1) is 35.3. The largest absolute Gasteiger partial charge is 0.508 e. The van der Waals surface area contributed by atoms with Gasteiger partial charge in [0.05, 0.1) is 29.6 Å². The van der Waals surface area contributed by atoms with Gasteiger partial charge in [0.2, 0.25) is 11.8 Å². The summed E-state index contributed by atoms with van der Waals surface area (Å²) in [5.74, 6) is -0.129. The summed E-state index contributed by atoms with van der Waals surface area (Å²) in [5, 5.41) is 10.4. The molecular weight excluding hydrogens is 684 g/mol. The highest BCUT2D eigenvalue weighted by atomic mass is 35.5. The van der Waals surface area contributed by atoms with Gasteiger partial charge in [-0.3, -0.25) is 19.4 Å². The summed E-state index contributed by atoms with van der Waals surface area (Å²) in [6.07, 6.45) is 5.34. The van der Waals surface area contributed by atoms with Crippen molar-refractivity contribution in [1.29, 1.82) is 0 Å². The average molecular weight is 729 g/mol. The maximum absolute atomic E-state index is 14.4. The van der Waals surface area contributed by atoms with Gasteiger partial charge in [-0.2, -0.15) is 0 Å². The van der Waals surface area contributed by atoms with Gasteiger partial charge in [-0.15, -0.1) is 0 Å². The minimum absolute atomic E-state index is 0.0249. The Hall–Kier alpha value is -4.69. The van der Waals surface area contributed by atoms with Gasteiger partial charge in [-0.25, -0.2) is 0 Å². The van der Waals surface area contributed by atoms with Crippen LogP contribution in [0.2, 0.25) is 5.02 Å². The van der Waals surface area contributed by atoms with E-state index in [9.17, 15) is 14.7 Å². The summed E-state index contributed by atoms with van der Waals surface area (Å²) in [6.45, 7) is 3.34. The van der Waals surface area contributed by atoms with Crippen LogP contribution in [-0.4, -0.2) is 65.2 Å².